The monoisotopic (exact) mass is 380 g/mol. The lowest BCUT2D eigenvalue weighted by molar-refractivity contribution is -0.143. The lowest BCUT2D eigenvalue weighted by atomic mass is 9.88. The van der Waals surface area contributed by atoms with E-state index in [0.29, 0.717) is 31.5 Å². The summed E-state index contributed by atoms with van der Waals surface area (Å²) in [6, 6.07) is 1.47. The molecule has 1 aromatic heterocycles. The lowest BCUT2D eigenvalue weighted by Crippen LogP contribution is -2.68. The number of fused-ring (bicyclic) bond motifs is 3. The van der Waals surface area contributed by atoms with E-state index in [4.69, 9.17) is 4.42 Å². The predicted octanol–water partition coefficient (Wildman–Crippen LogP) is 1.45. The number of carbonyl (C=O) groups excluding carboxylic acids is 2. The molecule has 0 N–H and O–H groups in total. The van der Waals surface area contributed by atoms with Gasteiger partial charge in [0.15, 0.2) is 14.6 Å². The molecule has 3 aliphatic heterocycles. The van der Waals surface area contributed by atoms with Crippen molar-refractivity contribution in [1.29, 1.82) is 0 Å². The Morgan fingerprint density at radius 3 is 2.23 bits per heavy atom. The first-order valence-corrected chi connectivity index (χ1v) is 11.1. The van der Waals surface area contributed by atoms with Gasteiger partial charge in [0.05, 0.1) is 11.8 Å². The summed E-state index contributed by atoms with van der Waals surface area (Å²) in [5.41, 5.74) is 0.513. The van der Waals surface area contributed by atoms with Crippen molar-refractivity contribution in [2.45, 2.75) is 55.4 Å². The number of piperazine rings is 1. The first kappa shape index (κ1) is 17.6. The Balaban J connectivity index is 1.56. The zero-order valence-corrected chi connectivity index (χ0v) is 15.7. The molecule has 1 saturated carbocycles. The van der Waals surface area contributed by atoms with Gasteiger partial charge in [0.25, 0.3) is 5.91 Å². The normalized spacial score (nSPS) is 27.7. The molecular formula is C18H24N2O5S. The van der Waals surface area contributed by atoms with Crippen molar-refractivity contribution >= 4 is 21.7 Å². The molecule has 142 valence electrons. The Bertz CT molecular complexity index is 811. The van der Waals surface area contributed by atoms with Crippen LogP contribution in [0.25, 0.3) is 0 Å². The third-order valence-electron chi connectivity index (χ3n) is 6.33. The Labute approximate surface area is 153 Å². The maximum atomic E-state index is 13.3. The zero-order chi connectivity index (χ0) is 18.5. The summed E-state index contributed by atoms with van der Waals surface area (Å²) in [6.45, 7) is 0.880. The Hall–Kier alpha value is -1.83. The van der Waals surface area contributed by atoms with Crippen LogP contribution in [0.15, 0.2) is 23.0 Å². The van der Waals surface area contributed by atoms with Crippen LogP contribution in [0, 0.1) is 0 Å². The van der Waals surface area contributed by atoms with E-state index in [-0.39, 0.29) is 23.9 Å². The molecule has 2 atom stereocenters. The fourth-order valence-electron chi connectivity index (χ4n) is 4.83. The van der Waals surface area contributed by atoms with Crippen molar-refractivity contribution in [1.82, 2.24) is 9.80 Å². The maximum Gasteiger partial charge on any atom is 0.257 e. The molecule has 2 amide bonds. The van der Waals surface area contributed by atoms with Crippen LogP contribution in [0.4, 0.5) is 0 Å². The molecule has 3 saturated heterocycles. The van der Waals surface area contributed by atoms with Crippen LogP contribution < -0.4 is 0 Å². The van der Waals surface area contributed by atoms with Crippen LogP contribution in [-0.4, -0.2) is 66.2 Å². The molecular weight excluding hydrogens is 356 g/mol. The quantitative estimate of drug-likeness (QED) is 0.792. The molecule has 2 bridgehead atoms. The number of nitrogens with zero attached hydrogens (tertiary/aromatic N) is 2. The highest BCUT2D eigenvalue weighted by molar-refractivity contribution is 7.92. The van der Waals surface area contributed by atoms with Crippen molar-refractivity contribution in [3.63, 3.8) is 0 Å². The van der Waals surface area contributed by atoms with Crippen LogP contribution in [0.1, 0.15) is 48.9 Å². The van der Waals surface area contributed by atoms with Crippen molar-refractivity contribution < 1.29 is 22.4 Å². The van der Waals surface area contributed by atoms with Gasteiger partial charge in [0, 0.05) is 31.4 Å². The Morgan fingerprint density at radius 1 is 1.12 bits per heavy atom. The Kier molecular flexibility index (Phi) is 4.13. The highest BCUT2D eigenvalue weighted by atomic mass is 32.2. The standard InChI is InChI=1S/C18H24N2O5S/c1-26(23,24)18(7-2-3-8-18)17(22)20-11-14-4-5-15(20)10-19(14)16(21)13-6-9-25-12-13/h6,9,12,14-15H,2-5,7-8,10-11H2,1H3. The second-order valence-electron chi connectivity index (χ2n) is 7.79. The molecule has 26 heavy (non-hydrogen) atoms. The van der Waals surface area contributed by atoms with Gasteiger partial charge in [-0.05, 0) is 31.7 Å². The molecule has 0 spiro atoms. The number of rotatable bonds is 3. The van der Waals surface area contributed by atoms with Crippen LogP contribution in [0.3, 0.4) is 0 Å². The van der Waals surface area contributed by atoms with E-state index in [9.17, 15) is 18.0 Å². The number of carbonyl (C=O) groups is 2. The lowest BCUT2D eigenvalue weighted by Gasteiger charge is -2.52. The number of hydrogen-bond donors (Lipinski definition) is 0. The maximum absolute atomic E-state index is 13.3. The summed E-state index contributed by atoms with van der Waals surface area (Å²) >= 11 is 0. The topological polar surface area (TPSA) is 87.9 Å². The van der Waals surface area contributed by atoms with Gasteiger partial charge in [-0.1, -0.05) is 12.8 Å². The third-order valence-corrected chi connectivity index (χ3v) is 8.33. The zero-order valence-electron chi connectivity index (χ0n) is 14.9. The molecule has 2 unspecified atom stereocenters. The number of amides is 2. The summed E-state index contributed by atoms with van der Waals surface area (Å²) in [5.74, 6) is -0.332. The molecule has 1 aliphatic carbocycles. The van der Waals surface area contributed by atoms with Crippen molar-refractivity contribution in [3.05, 3.63) is 24.2 Å². The van der Waals surface area contributed by atoms with Crippen LogP contribution in [0.5, 0.6) is 0 Å². The van der Waals surface area contributed by atoms with Gasteiger partial charge in [-0.3, -0.25) is 9.59 Å². The summed E-state index contributed by atoms with van der Waals surface area (Å²) < 4.78 is 28.6. The minimum absolute atomic E-state index is 0.0654. The van der Waals surface area contributed by atoms with Crippen molar-refractivity contribution in [3.8, 4) is 0 Å². The second kappa shape index (κ2) is 6.11. The van der Waals surface area contributed by atoms with Gasteiger partial charge in [0.1, 0.15) is 6.26 Å². The van der Waals surface area contributed by atoms with Gasteiger partial charge < -0.3 is 14.2 Å². The minimum Gasteiger partial charge on any atom is -0.472 e. The molecule has 4 fully saturated rings. The average molecular weight is 380 g/mol. The smallest absolute Gasteiger partial charge is 0.257 e. The van der Waals surface area contributed by atoms with Gasteiger partial charge in [-0.2, -0.15) is 0 Å². The number of hydrogen-bond acceptors (Lipinski definition) is 5. The summed E-state index contributed by atoms with van der Waals surface area (Å²) in [6.07, 6.45) is 8.11. The fraction of sp³-hybridized carbons (Fsp3) is 0.667. The van der Waals surface area contributed by atoms with Gasteiger partial charge in [-0.15, -0.1) is 0 Å². The van der Waals surface area contributed by atoms with E-state index in [1.807, 2.05) is 4.90 Å². The van der Waals surface area contributed by atoms with Gasteiger partial charge in [0.2, 0.25) is 5.91 Å². The minimum atomic E-state index is -3.48. The van der Waals surface area contributed by atoms with E-state index in [1.165, 1.54) is 18.8 Å². The van der Waals surface area contributed by atoms with Crippen LogP contribution in [0.2, 0.25) is 0 Å². The largest absolute Gasteiger partial charge is 0.472 e. The van der Waals surface area contributed by atoms with E-state index in [2.05, 4.69) is 0 Å². The molecule has 0 aromatic carbocycles. The molecule has 4 aliphatic rings. The fourth-order valence-corrected chi connectivity index (χ4v) is 6.29. The van der Waals surface area contributed by atoms with Crippen LogP contribution >= 0.6 is 0 Å². The van der Waals surface area contributed by atoms with Gasteiger partial charge in [-0.25, -0.2) is 8.42 Å². The number of furan rings is 1. The summed E-state index contributed by atoms with van der Waals surface area (Å²) in [4.78, 5) is 29.5. The number of piperidine rings is 2. The Morgan fingerprint density at radius 2 is 1.73 bits per heavy atom. The predicted molar refractivity (Wildman–Crippen MR) is 94.3 cm³/mol. The third kappa shape index (κ3) is 2.57. The van der Waals surface area contributed by atoms with E-state index < -0.39 is 14.6 Å². The van der Waals surface area contributed by atoms with E-state index >= 15 is 0 Å². The van der Waals surface area contributed by atoms with Crippen molar-refractivity contribution in [2.75, 3.05) is 19.3 Å². The van der Waals surface area contributed by atoms with E-state index in [0.717, 1.165) is 25.7 Å². The van der Waals surface area contributed by atoms with E-state index in [1.54, 1.807) is 11.0 Å². The molecule has 5 rings (SSSR count). The molecule has 4 heterocycles. The van der Waals surface area contributed by atoms with Crippen LogP contribution in [-0.2, 0) is 14.6 Å². The first-order chi connectivity index (χ1) is 12.3. The highest BCUT2D eigenvalue weighted by Crippen LogP contribution is 2.41. The summed E-state index contributed by atoms with van der Waals surface area (Å²) in [5, 5.41) is 0. The molecule has 7 nitrogen and oxygen atoms in total. The first-order valence-electron chi connectivity index (χ1n) is 9.17. The molecule has 0 radical (unpaired) electrons. The molecule has 1 aromatic rings. The van der Waals surface area contributed by atoms with Gasteiger partial charge >= 0.3 is 0 Å². The second-order valence-corrected chi connectivity index (χ2v) is 10.1. The average Bonchev–Trinajstić information content (AvgIpc) is 3.32. The van der Waals surface area contributed by atoms with Crippen molar-refractivity contribution in [2.24, 2.45) is 0 Å². The highest BCUT2D eigenvalue weighted by Gasteiger charge is 2.55. The molecule has 8 heteroatoms. The number of sulfone groups is 1. The summed E-state index contributed by atoms with van der Waals surface area (Å²) in [7, 11) is -3.48. The SMILES string of the molecule is CS(=O)(=O)C1(C(=O)N2CC3CCC2CN3C(=O)c2ccoc2)CCCC1.